The van der Waals surface area contributed by atoms with Crippen LogP contribution in [0.4, 0.5) is 5.69 Å². The van der Waals surface area contributed by atoms with Crippen molar-refractivity contribution in [2.45, 2.75) is 11.8 Å². The lowest BCUT2D eigenvalue weighted by Crippen LogP contribution is -2.41. The number of anilines is 1. The number of nitrogens with zero attached hydrogens (tertiary/aromatic N) is 1. The zero-order valence-corrected chi connectivity index (χ0v) is 11.3. The summed E-state index contributed by atoms with van der Waals surface area (Å²) in [5, 5.41) is 0. The van der Waals surface area contributed by atoms with Crippen molar-refractivity contribution in [3.8, 4) is 0 Å². The fraction of sp³-hybridized carbons (Fsp3) is 0.462. The van der Waals surface area contributed by atoms with Crippen LogP contribution in [0.2, 0.25) is 0 Å². The number of rotatable bonds is 3. The second-order valence-corrected chi connectivity index (χ2v) is 5.32. The average molecular weight is 266 g/mol. The third kappa shape index (κ3) is 3.40. The number of hydrogen-bond donors (Lipinski definition) is 1. The molecule has 0 bridgehead atoms. The van der Waals surface area contributed by atoms with Gasteiger partial charge in [0.25, 0.3) is 0 Å². The molecule has 2 rings (SSSR count). The van der Waals surface area contributed by atoms with Gasteiger partial charge in [-0.1, -0.05) is 0 Å². The molecule has 0 atom stereocenters. The summed E-state index contributed by atoms with van der Waals surface area (Å²) in [7, 11) is 0. The molecule has 1 aromatic rings. The maximum Gasteiger partial charge on any atom is 0.233 e. The molecule has 0 radical (unpaired) electrons. The number of morpholine rings is 1. The molecule has 1 aliphatic heterocycles. The van der Waals surface area contributed by atoms with Gasteiger partial charge in [0.1, 0.15) is 0 Å². The number of benzene rings is 1. The highest BCUT2D eigenvalue weighted by Gasteiger charge is 2.16. The van der Waals surface area contributed by atoms with Gasteiger partial charge in [-0.2, -0.15) is 0 Å². The van der Waals surface area contributed by atoms with Crippen LogP contribution in [-0.2, 0) is 9.53 Å². The van der Waals surface area contributed by atoms with Crippen LogP contribution in [0.3, 0.4) is 0 Å². The van der Waals surface area contributed by atoms with Gasteiger partial charge >= 0.3 is 0 Å². The van der Waals surface area contributed by atoms with E-state index in [9.17, 15) is 4.79 Å². The first kappa shape index (κ1) is 13.2. The molecule has 1 saturated heterocycles. The first-order chi connectivity index (χ1) is 8.66. The molecule has 0 aromatic heterocycles. The number of nitrogen functional groups attached to an aromatic ring is 1. The molecule has 1 aromatic carbocycles. The van der Waals surface area contributed by atoms with Crippen LogP contribution in [0.1, 0.15) is 5.56 Å². The van der Waals surface area contributed by atoms with Crippen molar-refractivity contribution < 1.29 is 9.53 Å². The molecule has 0 saturated carbocycles. The maximum absolute atomic E-state index is 12.0. The maximum atomic E-state index is 12.0. The lowest BCUT2D eigenvalue weighted by molar-refractivity contribution is -0.132. The zero-order chi connectivity index (χ0) is 13.0. The van der Waals surface area contributed by atoms with Crippen molar-refractivity contribution in [1.29, 1.82) is 0 Å². The summed E-state index contributed by atoms with van der Waals surface area (Å²) in [6, 6.07) is 5.78. The van der Waals surface area contributed by atoms with Crippen molar-refractivity contribution in [2.24, 2.45) is 0 Å². The second kappa shape index (κ2) is 6.11. The molecular weight excluding hydrogens is 248 g/mol. The molecule has 5 heteroatoms. The van der Waals surface area contributed by atoms with Crippen LogP contribution < -0.4 is 5.73 Å². The van der Waals surface area contributed by atoms with E-state index >= 15 is 0 Å². The molecule has 1 fully saturated rings. The summed E-state index contributed by atoms with van der Waals surface area (Å²) >= 11 is 1.57. The lowest BCUT2D eigenvalue weighted by Gasteiger charge is -2.26. The van der Waals surface area contributed by atoms with E-state index in [1.165, 1.54) is 0 Å². The van der Waals surface area contributed by atoms with Crippen LogP contribution in [0.5, 0.6) is 0 Å². The van der Waals surface area contributed by atoms with E-state index in [0.717, 1.165) is 16.1 Å². The normalized spacial score (nSPS) is 15.7. The summed E-state index contributed by atoms with van der Waals surface area (Å²) in [5.41, 5.74) is 7.58. The van der Waals surface area contributed by atoms with Gasteiger partial charge in [-0.05, 0) is 30.7 Å². The van der Waals surface area contributed by atoms with E-state index in [0.29, 0.717) is 32.1 Å². The molecule has 4 nitrogen and oxygen atoms in total. The highest BCUT2D eigenvalue weighted by atomic mass is 32.2. The van der Waals surface area contributed by atoms with E-state index in [1.54, 1.807) is 11.8 Å². The van der Waals surface area contributed by atoms with Crippen molar-refractivity contribution in [3.05, 3.63) is 23.8 Å². The third-order valence-electron chi connectivity index (χ3n) is 2.91. The Hall–Kier alpha value is -1.20. The van der Waals surface area contributed by atoms with Gasteiger partial charge in [0.2, 0.25) is 5.91 Å². The third-order valence-corrected chi connectivity index (χ3v) is 4.07. The number of thioether (sulfide) groups is 1. The quantitative estimate of drug-likeness (QED) is 0.666. The van der Waals surface area contributed by atoms with Gasteiger partial charge in [0, 0.05) is 23.7 Å². The topological polar surface area (TPSA) is 55.6 Å². The Labute approximate surface area is 111 Å². The Bertz CT molecular complexity index is 431. The Morgan fingerprint density at radius 1 is 1.44 bits per heavy atom. The predicted octanol–water partition coefficient (Wildman–Crippen LogP) is 1.53. The summed E-state index contributed by atoms with van der Waals surface area (Å²) in [4.78, 5) is 15.0. The number of hydrogen-bond acceptors (Lipinski definition) is 4. The summed E-state index contributed by atoms with van der Waals surface area (Å²) in [6.45, 7) is 4.73. The van der Waals surface area contributed by atoms with Crippen LogP contribution in [0.15, 0.2) is 23.1 Å². The van der Waals surface area contributed by atoms with Gasteiger partial charge in [-0.3, -0.25) is 4.79 Å². The van der Waals surface area contributed by atoms with Crippen LogP contribution in [0, 0.1) is 6.92 Å². The fourth-order valence-corrected chi connectivity index (χ4v) is 2.79. The predicted molar refractivity (Wildman–Crippen MR) is 73.7 cm³/mol. The molecule has 98 valence electrons. The minimum atomic E-state index is 0.180. The Kier molecular flexibility index (Phi) is 4.49. The molecule has 1 heterocycles. The SMILES string of the molecule is Cc1cc(N)ccc1SCC(=O)N1CCOCC1. The van der Waals surface area contributed by atoms with E-state index in [4.69, 9.17) is 10.5 Å². The van der Waals surface area contributed by atoms with Crippen LogP contribution in [0.25, 0.3) is 0 Å². The highest BCUT2D eigenvalue weighted by Crippen LogP contribution is 2.24. The number of nitrogens with two attached hydrogens (primary N) is 1. The highest BCUT2D eigenvalue weighted by molar-refractivity contribution is 8.00. The number of aryl methyl sites for hydroxylation is 1. The summed E-state index contributed by atoms with van der Waals surface area (Å²) < 4.78 is 5.23. The molecule has 2 N–H and O–H groups in total. The van der Waals surface area contributed by atoms with E-state index in [2.05, 4.69) is 0 Å². The van der Waals surface area contributed by atoms with Crippen molar-refractivity contribution in [3.63, 3.8) is 0 Å². The average Bonchev–Trinajstić information content (AvgIpc) is 2.38. The molecule has 1 aliphatic rings. The molecule has 0 unspecified atom stereocenters. The van der Waals surface area contributed by atoms with E-state index < -0.39 is 0 Å². The van der Waals surface area contributed by atoms with Gasteiger partial charge in [-0.15, -0.1) is 11.8 Å². The molecular formula is C13H18N2O2S. The molecule has 1 amide bonds. The fourth-order valence-electron chi connectivity index (χ4n) is 1.88. The van der Waals surface area contributed by atoms with Crippen LogP contribution >= 0.6 is 11.8 Å². The van der Waals surface area contributed by atoms with E-state index in [-0.39, 0.29) is 5.91 Å². The lowest BCUT2D eigenvalue weighted by atomic mass is 10.2. The van der Waals surface area contributed by atoms with Crippen molar-refractivity contribution in [2.75, 3.05) is 37.8 Å². The van der Waals surface area contributed by atoms with Gasteiger partial charge < -0.3 is 15.4 Å². The number of carbonyl (C=O) groups is 1. The monoisotopic (exact) mass is 266 g/mol. The van der Waals surface area contributed by atoms with Gasteiger partial charge in [0.05, 0.1) is 19.0 Å². The number of carbonyl (C=O) groups excluding carboxylic acids is 1. The minimum Gasteiger partial charge on any atom is -0.399 e. The summed E-state index contributed by atoms with van der Waals surface area (Å²) in [6.07, 6.45) is 0. The molecule has 18 heavy (non-hydrogen) atoms. The first-order valence-corrected chi connectivity index (χ1v) is 7.00. The Morgan fingerprint density at radius 2 is 2.17 bits per heavy atom. The van der Waals surface area contributed by atoms with E-state index in [1.807, 2.05) is 30.0 Å². The Morgan fingerprint density at radius 3 is 2.83 bits per heavy atom. The van der Waals surface area contributed by atoms with Crippen molar-refractivity contribution in [1.82, 2.24) is 4.90 Å². The smallest absolute Gasteiger partial charge is 0.233 e. The van der Waals surface area contributed by atoms with Crippen LogP contribution in [-0.4, -0.2) is 42.9 Å². The van der Waals surface area contributed by atoms with Gasteiger partial charge in [-0.25, -0.2) is 0 Å². The Balaban J connectivity index is 1.88. The second-order valence-electron chi connectivity index (χ2n) is 4.31. The number of ether oxygens (including phenoxy) is 1. The van der Waals surface area contributed by atoms with Gasteiger partial charge in [0.15, 0.2) is 0 Å². The zero-order valence-electron chi connectivity index (χ0n) is 10.5. The number of amides is 1. The minimum absolute atomic E-state index is 0.180. The van der Waals surface area contributed by atoms with Crippen molar-refractivity contribution >= 4 is 23.4 Å². The standard InChI is InChI=1S/C13H18N2O2S/c1-10-8-11(14)2-3-12(10)18-9-13(16)15-4-6-17-7-5-15/h2-3,8H,4-7,9,14H2,1H3. The largest absolute Gasteiger partial charge is 0.399 e. The first-order valence-electron chi connectivity index (χ1n) is 6.01. The molecule has 0 spiro atoms. The molecule has 0 aliphatic carbocycles. The summed E-state index contributed by atoms with van der Waals surface area (Å²) in [5.74, 6) is 0.657.